The molecule has 0 saturated carbocycles. The number of piperidine rings is 1. The maximum absolute atomic E-state index is 11.2. The van der Waals surface area contributed by atoms with Crippen molar-refractivity contribution < 1.29 is 4.79 Å². The van der Waals surface area contributed by atoms with Crippen molar-refractivity contribution >= 4 is 27.5 Å². The van der Waals surface area contributed by atoms with Crippen LogP contribution in [0.2, 0.25) is 0 Å². The summed E-state index contributed by atoms with van der Waals surface area (Å²) >= 11 is 3.51. The normalized spacial score (nSPS) is 16.6. The molecule has 0 radical (unpaired) electrons. The minimum Gasteiger partial charge on any atom is -0.371 e. The Morgan fingerprint density at radius 2 is 2.16 bits per heavy atom. The van der Waals surface area contributed by atoms with Gasteiger partial charge in [0.1, 0.15) is 0 Å². The van der Waals surface area contributed by atoms with E-state index in [9.17, 15) is 4.79 Å². The van der Waals surface area contributed by atoms with Gasteiger partial charge in [-0.1, -0.05) is 15.9 Å². The molecule has 0 atom stereocenters. The number of nitrogens with zero attached hydrogens (tertiary/aromatic N) is 1. The number of anilines is 1. The Kier molecular flexibility index (Phi) is 4.82. The second-order valence-electron chi connectivity index (χ2n) is 4.97. The van der Waals surface area contributed by atoms with Gasteiger partial charge in [0.2, 0.25) is 5.91 Å². The molecule has 0 bridgehead atoms. The fraction of sp³-hybridized carbons (Fsp3) is 0.500. The van der Waals surface area contributed by atoms with Gasteiger partial charge in [-0.3, -0.25) is 4.79 Å². The Labute approximate surface area is 122 Å². The van der Waals surface area contributed by atoms with Gasteiger partial charge in [0.15, 0.2) is 0 Å². The lowest BCUT2D eigenvalue weighted by atomic mass is 9.95. The Morgan fingerprint density at radius 3 is 2.74 bits per heavy atom. The van der Waals surface area contributed by atoms with Crippen LogP contribution >= 0.6 is 15.9 Å². The molecule has 19 heavy (non-hydrogen) atoms. The van der Waals surface area contributed by atoms with Gasteiger partial charge in [-0.15, -0.1) is 0 Å². The van der Waals surface area contributed by atoms with Crippen LogP contribution in [0.25, 0.3) is 0 Å². The lowest BCUT2D eigenvalue weighted by Crippen LogP contribution is -2.39. The zero-order valence-electron chi connectivity index (χ0n) is 11.2. The predicted molar refractivity (Wildman–Crippen MR) is 81.0 cm³/mol. The molecule has 104 valence electrons. The maximum atomic E-state index is 11.2. The van der Waals surface area contributed by atoms with E-state index in [1.165, 1.54) is 11.3 Å². The SMILES string of the molecule is CNCc1cc(Br)ccc1N1CCC(C(N)=O)CC1. The molecule has 2 rings (SSSR count). The second kappa shape index (κ2) is 6.39. The van der Waals surface area contributed by atoms with Gasteiger partial charge < -0.3 is 16.0 Å². The number of carbonyl (C=O) groups excluding carboxylic acids is 1. The number of carbonyl (C=O) groups is 1. The van der Waals surface area contributed by atoms with Crippen molar-refractivity contribution in [1.82, 2.24) is 5.32 Å². The smallest absolute Gasteiger partial charge is 0.220 e. The van der Waals surface area contributed by atoms with E-state index in [0.29, 0.717) is 0 Å². The van der Waals surface area contributed by atoms with E-state index >= 15 is 0 Å². The number of hydrogen-bond acceptors (Lipinski definition) is 3. The van der Waals surface area contributed by atoms with Crippen molar-refractivity contribution in [1.29, 1.82) is 0 Å². The molecule has 3 N–H and O–H groups in total. The summed E-state index contributed by atoms with van der Waals surface area (Å²) in [6.07, 6.45) is 1.70. The molecule has 5 heteroatoms. The summed E-state index contributed by atoms with van der Waals surface area (Å²) in [5.41, 5.74) is 7.90. The number of halogens is 1. The molecule has 0 aromatic heterocycles. The van der Waals surface area contributed by atoms with Crippen molar-refractivity contribution in [3.8, 4) is 0 Å². The van der Waals surface area contributed by atoms with E-state index < -0.39 is 0 Å². The fourth-order valence-electron chi connectivity index (χ4n) is 2.60. The van der Waals surface area contributed by atoms with Crippen LogP contribution in [-0.4, -0.2) is 26.0 Å². The van der Waals surface area contributed by atoms with Crippen LogP contribution in [-0.2, 0) is 11.3 Å². The Balaban J connectivity index is 2.12. The number of amides is 1. The Morgan fingerprint density at radius 1 is 1.47 bits per heavy atom. The number of rotatable bonds is 4. The van der Waals surface area contributed by atoms with Crippen LogP contribution in [0.15, 0.2) is 22.7 Å². The highest BCUT2D eigenvalue weighted by Gasteiger charge is 2.24. The van der Waals surface area contributed by atoms with Crippen LogP contribution in [0, 0.1) is 5.92 Å². The van der Waals surface area contributed by atoms with E-state index in [1.54, 1.807) is 0 Å². The highest BCUT2D eigenvalue weighted by atomic mass is 79.9. The monoisotopic (exact) mass is 325 g/mol. The first-order valence-electron chi connectivity index (χ1n) is 6.59. The third-order valence-electron chi connectivity index (χ3n) is 3.65. The average Bonchev–Trinajstić information content (AvgIpc) is 2.39. The summed E-state index contributed by atoms with van der Waals surface area (Å²) in [5.74, 6) is -0.120. The summed E-state index contributed by atoms with van der Waals surface area (Å²) in [6.45, 7) is 2.63. The van der Waals surface area contributed by atoms with E-state index in [-0.39, 0.29) is 11.8 Å². The number of benzene rings is 1. The third kappa shape index (κ3) is 3.48. The molecular weight excluding hydrogens is 306 g/mol. The van der Waals surface area contributed by atoms with E-state index in [0.717, 1.165) is 36.9 Å². The topological polar surface area (TPSA) is 58.4 Å². The largest absolute Gasteiger partial charge is 0.371 e. The molecule has 0 unspecified atom stereocenters. The minimum atomic E-state index is -0.161. The van der Waals surface area contributed by atoms with Crippen LogP contribution < -0.4 is 16.0 Å². The van der Waals surface area contributed by atoms with Gasteiger partial charge in [-0.2, -0.15) is 0 Å². The Bertz CT molecular complexity index is 456. The standard InChI is InChI=1S/C14H20BrN3O/c1-17-9-11-8-12(15)2-3-13(11)18-6-4-10(5-7-18)14(16)19/h2-3,8,10,17H,4-7,9H2,1H3,(H2,16,19). The number of primary amides is 1. The van der Waals surface area contributed by atoms with Gasteiger partial charge in [-0.25, -0.2) is 0 Å². The minimum absolute atomic E-state index is 0.0412. The van der Waals surface area contributed by atoms with Crippen molar-refractivity contribution in [2.45, 2.75) is 19.4 Å². The number of hydrogen-bond donors (Lipinski definition) is 2. The summed E-state index contributed by atoms with van der Waals surface area (Å²) in [6, 6.07) is 6.35. The first kappa shape index (κ1) is 14.3. The molecule has 1 fully saturated rings. The zero-order valence-corrected chi connectivity index (χ0v) is 12.7. The lowest BCUT2D eigenvalue weighted by molar-refractivity contribution is -0.122. The van der Waals surface area contributed by atoms with Gasteiger partial charge in [0.25, 0.3) is 0 Å². The second-order valence-corrected chi connectivity index (χ2v) is 5.88. The lowest BCUT2D eigenvalue weighted by Gasteiger charge is -2.33. The molecule has 1 aromatic rings. The van der Waals surface area contributed by atoms with E-state index in [1.807, 2.05) is 7.05 Å². The molecule has 1 aliphatic heterocycles. The van der Waals surface area contributed by atoms with Gasteiger partial charge >= 0.3 is 0 Å². The molecule has 1 aliphatic rings. The molecule has 1 heterocycles. The van der Waals surface area contributed by atoms with Crippen LogP contribution in [0.1, 0.15) is 18.4 Å². The van der Waals surface area contributed by atoms with Crippen molar-refractivity contribution in [2.24, 2.45) is 11.7 Å². The molecule has 0 aliphatic carbocycles. The highest BCUT2D eigenvalue weighted by Crippen LogP contribution is 2.28. The predicted octanol–water partition coefficient (Wildman–Crippen LogP) is 1.87. The number of nitrogens with one attached hydrogen (secondary N) is 1. The van der Waals surface area contributed by atoms with Crippen molar-refractivity contribution in [3.63, 3.8) is 0 Å². The molecule has 0 spiro atoms. The molecule has 1 saturated heterocycles. The highest BCUT2D eigenvalue weighted by molar-refractivity contribution is 9.10. The van der Waals surface area contributed by atoms with E-state index in [2.05, 4.69) is 44.3 Å². The van der Waals surface area contributed by atoms with Crippen molar-refractivity contribution in [3.05, 3.63) is 28.2 Å². The summed E-state index contributed by atoms with van der Waals surface area (Å²) in [5, 5.41) is 3.20. The molecular formula is C14H20BrN3O. The average molecular weight is 326 g/mol. The number of nitrogens with two attached hydrogens (primary N) is 1. The molecule has 4 nitrogen and oxygen atoms in total. The van der Waals surface area contributed by atoms with Crippen LogP contribution in [0.3, 0.4) is 0 Å². The zero-order chi connectivity index (χ0) is 13.8. The molecule has 1 aromatic carbocycles. The fourth-order valence-corrected chi connectivity index (χ4v) is 3.01. The quantitative estimate of drug-likeness (QED) is 0.888. The van der Waals surface area contributed by atoms with Crippen LogP contribution in [0.5, 0.6) is 0 Å². The summed E-state index contributed by atoms with van der Waals surface area (Å²) in [7, 11) is 1.95. The first-order chi connectivity index (χ1) is 9.11. The van der Waals surface area contributed by atoms with E-state index in [4.69, 9.17) is 5.73 Å². The maximum Gasteiger partial charge on any atom is 0.220 e. The van der Waals surface area contributed by atoms with Crippen LogP contribution in [0.4, 0.5) is 5.69 Å². The first-order valence-corrected chi connectivity index (χ1v) is 7.38. The Hall–Kier alpha value is -1.07. The summed E-state index contributed by atoms with van der Waals surface area (Å²) in [4.78, 5) is 13.5. The molecule has 1 amide bonds. The third-order valence-corrected chi connectivity index (χ3v) is 4.14. The van der Waals surface area contributed by atoms with Crippen molar-refractivity contribution in [2.75, 3.05) is 25.0 Å². The van der Waals surface area contributed by atoms with Gasteiger partial charge in [-0.05, 0) is 43.7 Å². The van der Waals surface area contributed by atoms with Gasteiger partial charge in [0.05, 0.1) is 0 Å². The van der Waals surface area contributed by atoms with Gasteiger partial charge in [0, 0.05) is 35.7 Å². The summed E-state index contributed by atoms with van der Waals surface area (Å²) < 4.78 is 1.09.